The molecule has 7 heteroatoms. The summed E-state index contributed by atoms with van der Waals surface area (Å²) in [6.45, 7) is 6.35. The summed E-state index contributed by atoms with van der Waals surface area (Å²) in [5.74, 6) is 0.973. The lowest BCUT2D eigenvalue weighted by Crippen LogP contribution is -2.33. The minimum absolute atomic E-state index is 0.0200. The average Bonchev–Trinajstić information content (AvgIpc) is 3.35. The largest absolute Gasteiger partial charge is 0.410 e. The molecular weight excluding hydrogens is 378 g/mol. The fraction of sp³-hybridized carbons (Fsp3) is 0.350. The zero-order valence-electron chi connectivity index (χ0n) is 15.6. The number of nitrogens with one attached hydrogen (secondary N) is 1. The van der Waals surface area contributed by atoms with Gasteiger partial charge < -0.3 is 9.73 Å². The van der Waals surface area contributed by atoms with Gasteiger partial charge in [0.2, 0.25) is 5.91 Å². The Hall–Kier alpha value is -2.12. The van der Waals surface area contributed by atoms with Crippen molar-refractivity contribution in [2.24, 2.45) is 5.92 Å². The van der Waals surface area contributed by atoms with Gasteiger partial charge in [0.15, 0.2) is 0 Å². The minimum atomic E-state index is -0.0471. The molecule has 2 heterocycles. The van der Waals surface area contributed by atoms with Crippen molar-refractivity contribution in [3.63, 3.8) is 0 Å². The maximum Gasteiger partial charge on any atom is 0.277 e. The number of rotatable bonds is 8. The van der Waals surface area contributed by atoms with Crippen LogP contribution in [0.2, 0.25) is 0 Å². The van der Waals surface area contributed by atoms with E-state index in [1.165, 1.54) is 17.3 Å². The molecular formula is C20H23N3O2S2. The molecule has 0 spiro atoms. The van der Waals surface area contributed by atoms with E-state index in [-0.39, 0.29) is 17.7 Å². The van der Waals surface area contributed by atoms with Crippen LogP contribution in [0.25, 0.3) is 10.8 Å². The van der Waals surface area contributed by atoms with Crippen LogP contribution in [0.1, 0.15) is 37.9 Å². The van der Waals surface area contributed by atoms with Gasteiger partial charge in [-0.15, -0.1) is 21.5 Å². The van der Waals surface area contributed by atoms with Gasteiger partial charge in [0, 0.05) is 0 Å². The van der Waals surface area contributed by atoms with Crippen LogP contribution < -0.4 is 5.32 Å². The molecule has 0 aliphatic carbocycles. The SMILES string of the molecule is CCc1ccc([C@H](NC(=O)CSc2nnc(-c3cccs3)o2)C(C)C)cc1. The Morgan fingerprint density at radius 3 is 2.63 bits per heavy atom. The lowest BCUT2D eigenvalue weighted by atomic mass is 9.95. The van der Waals surface area contributed by atoms with E-state index in [0.717, 1.165) is 16.9 Å². The van der Waals surface area contributed by atoms with E-state index in [0.29, 0.717) is 17.0 Å². The first-order valence-electron chi connectivity index (χ1n) is 8.95. The number of carbonyl (C=O) groups excluding carboxylic acids is 1. The van der Waals surface area contributed by atoms with Gasteiger partial charge in [-0.3, -0.25) is 4.79 Å². The first-order chi connectivity index (χ1) is 13.1. The zero-order valence-corrected chi connectivity index (χ0v) is 17.3. The third kappa shape index (κ3) is 5.20. The Labute approximate surface area is 167 Å². The first kappa shape index (κ1) is 19.6. The van der Waals surface area contributed by atoms with Gasteiger partial charge in [0.1, 0.15) is 0 Å². The standard InChI is InChI=1S/C20H23N3O2S2/c1-4-14-7-9-15(10-8-14)18(13(2)3)21-17(24)12-27-20-23-22-19(25-20)16-6-5-11-26-16/h5-11,13,18H,4,12H2,1-3H3,(H,21,24)/t18-/m1/s1. The maximum absolute atomic E-state index is 12.4. The summed E-state index contributed by atoms with van der Waals surface area (Å²) in [5, 5.41) is 13.5. The van der Waals surface area contributed by atoms with Crippen LogP contribution in [-0.4, -0.2) is 21.9 Å². The molecule has 1 aromatic carbocycles. The molecule has 3 aromatic rings. The monoisotopic (exact) mass is 401 g/mol. The molecule has 2 aromatic heterocycles. The second-order valence-corrected chi connectivity index (χ2v) is 8.40. The van der Waals surface area contributed by atoms with Gasteiger partial charge in [-0.1, -0.05) is 62.9 Å². The van der Waals surface area contributed by atoms with Crippen molar-refractivity contribution < 1.29 is 9.21 Å². The van der Waals surface area contributed by atoms with Crippen LogP contribution in [0.15, 0.2) is 51.4 Å². The van der Waals surface area contributed by atoms with E-state index in [2.05, 4.69) is 60.6 Å². The van der Waals surface area contributed by atoms with Gasteiger partial charge in [0.25, 0.3) is 11.1 Å². The Morgan fingerprint density at radius 2 is 2.00 bits per heavy atom. The quantitative estimate of drug-likeness (QED) is 0.540. The van der Waals surface area contributed by atoms with Crippen molar-refractivity contribution in [2.45, 2.75) is 38.5 Å². The second-order valence-electron chi connectivity index (χ2n) is 6.52. The van der Waals surface area contributed by atoms with E-state index in [4.69, 9.17) is 4.42 Å². The molecule has 1 N–H and O–H groups in total. The van der Waals surface area contributed by atoms with Crippen molar-refractivity contribution in [1.29, 1.82) is 0 Å². The Bertz CT molecular complexity index is 858. The number of thiophene rings is 1. The number of benzene rings is 1. The minimum Gasteiger partial charge on any atom is -0.410 e. The highest BCUT2D eigenvalue weighted by Gasteiger charge is 2.19. The van der Waals surface area contributed by atoms with Crippen molar-refractivity contribution in [3.8, 4) is 10.8 Å². The number of hydrogen-bond acceptors (Lipinski definition) is 6. The van der Waals surface area contributed by atoms with Crippen LogP contribution in [-0.2, 0) is 11.2 Å². The second kappa shape index (κ2) is 9.19. The first-order valence-corrected chi connectivity index (χ1v) is 10.8. The molecule has 5 nitrogen and oxygen atoms in total. The van der Waals surface area contributed by atoms with Gasteiger partial charge in [-0.25, -0.2) is 0 Å². The van der Waals surface area contributed by atoms with Gasteiger partial charge in [-0.2, -0.15) is 0 Å². The summed E-state index contributed by atoms with van der Waals surface area (Å²) >= 11 is 2.79. The molecule has 0 unspecified atom stereocenters. The summed E-state index contributed by atoms with van der Waals surface area (Å²) < 4.78 is 5.61. The van der Waals surface area contributed by atoms with Gasteiger partial charge >= 0.3 is 0 Å². The Morgan fingerprint density at radius 1 is 1.22 bits per heavy atom. The normalized spacial score (nSPS) is 12.3. The molecule has 0 bridgehead atoms. The van der Waals surface area contributed by atoms with Gasteiger partial charge in [-0.05, 0) is 34.9 Å². The van der Waals surface area contributed by atoms with E-state index in [9.17, 15) is 4.79 Å². The number of amides is 1. The number of carbonyl (C=O) groups is 1. The highest BCUT2D eigenvalue weighted by atomic mass is 32.2. The summed E-state index contributed by atoms with van der Waals surface area (Å²) in [6, 6.07) is 12.3. The smallest absolute Gasteiger partial charge is 0.277 e. The lowest BCUT2D eigenvalue weighted by Gasteiger charge is -2.23. The number of hydrogen-bond donors (Lipinski definition) is 1. The third-order valence-corrected chi connectivity index (χ3v) is 5.87. The lowest BCUT2D eigenvalue weighted by molar-refractivity contribution is -0.119. The van der Waals surface area contributed by atoms with Crippen LogP contribution >= 0.6 is 23.1 Å². The molecule has 0 saturated heterocycles. The van der Waals surface area contributed by atoms with E-state index >= 15 is 0 Å². The highest BCUT2D eigenvalue weighted by Crippen LogP contribution is 2.27. The number of aromatic nitrogens is 2. The number of aryl methyl sites for hydroxylation is 1. The summed E-state index contributed by atoms with van der Waals surface area (Å²) in [4.78, 5) is 13.4. The molecule has 0 aliphatic heterocycles. The highest BCUT2D eigenvalue weighted by molar-refractivity contribution is 7.99. The third-order valence-electron chi connectivity index (χ3n) is 4.20. The van der Waals surface area contributed by atoms with Crippen molar-refractivity contribution in [3.05, 3.63) is 52.9 Å². The van der Waals surface area contributed by atoms with Crippen molar-refractivity contribution >= 4 is 29.0 Å². The predicted molar refractivity (Wildman–Crippen MR) is 110 cm³/mol. The zero-order chi connectivity index (χ0) is 19.2. The average molecular weight is 402 g/mol. The Kier molecular flexibility index (Phi) is 6.68. The van der Waals surface area contributed by atoms with Crippen LogP contribution in [0.5, 0.6) is 0 Å². The maximum atomic E-state index is 12.4. The molecule has 27 heavy (non-hydrogen) atoms. The topological polar surface area (TPSA) is 68.0 Å². The Balaban J connectivity index is 1.58. The fourth-order valence-electron chi connectivity index (χ4n) is 2.71. The predicted octanol–water partition coefficient (Wildman–Crippen LogP) is 4.97. The molecule has 0 saturated carbocycles. The molecule has 3 rings (SSSR count). The van der Waals surface area contributed by atoms with Crippen molar-refractivity contribution in [2.75, 3.05) is 5.75 Å². The van der Waals surface area contributed by atoms with Gasteiger partial charge in [0.05, 0.1) is 16.7 Å². The van der Waals surface area contributed by atoms with E-state index in [1.807, 2.05) is 17.5 Å². The molecule has 142 valence electrons. The molecule has 0 radical (unpaired) electrons. The van der Waals surface area contributed by atoms with Crippen LogP contribution in [0.4, 0.5) is 0 Å². The molecule has 1 atom stereocenters. The van der Waals surface area contributed by atoms with Crippen LogP contribution in [0, 0.1) is 5.92 Å². The fourth-order valence-corrected chi connectivity index (χ4v) is 3.92. The van der Waals surface area contributed by atoms with Crippen molar-refractivity contribution in [1.82, 2.24) is 15.5 Å². The van der Waals surface area contributed by atoms with Crippen LogP contribution in [0.3, 0.4) is 0 Å². The number of nitrogens with zero attached hydrogens (tertiary/aromatic N) is 2. The molecule has 1 amide bonds. The summed E-state index contributed by atoms with van der Waals surface area (Å²) in [6.07, 6.45) is 1.01. The molecule has 0 fully saturated rings. The number of thioether (sulfide) groups is 1. The van der Waals surface area contributed by atoms with E-state index in [1.54, 1.807) is 11.3 Å². The summed E-state index contributed by atoms with van der Waals surface area (Å²) in [7, 11) is 0. The van der Waals surface area contributed by atoms with E-state index < -0.39 is 0 Å². The summed E-state index contributed by atoms with van der Waals surface area (Å²) in [5.41, 5.74) is 2.42. The molecule has 0 aliphatic rings.